The van der Waals surface area contributed by atoms with Crippen LogP contribution in [0, 0.1) is 0 Å². The number of rotatable bonds is 3. The first-order valence-corrected chi connectivity index (χ1v) is 8.05. The molecule has 0 unspecified atom stereocenters. The molecule has 0 amide bonds. The average molecular weight is 288 g/mol. The van der Waals surface area contributed by atoms with E-state index in [-0.39, 0.29) is 0 Å². The molecule has 0 bridgehead atoms. The number of aromatic nitrogens is 2. The maximum absolute atomic E-state index is 6.20. The number of hydrogen-bond donors (Lipinski definition) is 0. The lowest BCUT2D eigenvalue weighted by atomic mass is 10.2. The van der Waals surface area contributed by atoms with Crippen molar-refractivity contribution in [3.8, 4) is 0 Å². The number of thiazole rings is 1. The minimum Gasteiger partial charge on any atom is -0.297 e. The second-order valence-electron chi connectivity index (χ2n) is 4.34. The lowest BCUT2D eigenvalue weighted by Crippen LogP contribution is -2.31. The van der Waals surface area contributed by atoms with Gasteiger partial charge in [-0.15, -0.1) is 11.3 Å². The van der Waals surface area contributed by atoms with Crippen LogP contribution in [-0.2, 0) is 6.54 Å². The van der Waals surface area contributed by atoms with Crippen molar-refractivity contribution in [2.45, 2.75) is 19.0 Å². The molecule has 0 aliphatic carbocycles. The minimum absolute atomic E-state index is 0.648. The highest BCUT2D eigenvalue weighted by Gasteiger charge is 2.22. The molecule has 3 nitrogen and oxygen atoms in total. The molecule has 0 spiro atoms. The van der Waals surface area contributed by atoms with E-state index in [1.165, 1.54) is 17.9 Å². The van der Waals surface area contributed by atoms with Crippen LogP contribution in [-0.4, -0.2) is 38.9 Å². The van der Waals surface area contributed by atoms with Crippen molar-refractivity contribution >= 4 is 39.7 Å². The first-order chi connectivity index (χ1) is 8.25. The van der Waals surface area contributed by atoms with Gasteiger partial charge in [0.15, 0.2) is 10.1 Å². The van der Waals surface area contributed by atoms with Crippen molar-refractivity contribution in [1.29, 1.82) is 0 Å². The summed E-state index contributed by atoms with van der Waals surface area (Å²) in [5.41, 5.74) is 1.11. The van der Waals surface area contributed by atoms with Gasteiger partial charge in [-0.25, -0.2) is 4.98 Å². The summed E-state index contributed by atoms with van der Waals surface area (Å²) in [6.07, 6.45) is 3.33. The van der Waals surface area contributed by atoms with Crippen LogP contribution < -0.4 is 0 Å². The van der Waals surface area contributed by atoms with Gasteiger partial charge in [-0.3, -0.25) is 9.30 Å². The Balaban J connectivity index is 1.83. The number of fused-ring (bicyclic) bond motifs is 1. The third kappa shape index (κ3) is 2.21. The fraction of sp³-hybridized carbons (Fsp3) is 0.545. The second-order valence-corrected chi connectivity index (χ2v) is 6.72. The van der Waals surface area contributed by atoms with E-state index >= 15 is 0 Å². The summed E-state index contributed by atoms with van der Waals surface area (Å²) in [6, 6.07) is 0.681. The number of hydrogen-bond acceptors (Lipinski definition) is 4. The lowest BCUT2D eigenvalue weighted by Gasteiger charge is -2.22. The Bertz CT molecular complexity index is 516. The van der Waals surface area contributed by atoms with E-state index in [9.17, 15) is 0 Å². The summed E-state index contributed by atoms with van der Waals surface area (Å²) in [7, 11) is 2.18. The van der Waals surface area contributed by atoms with Gasteiger partial charge in [0.1, 0.15) is 0 Å². The first kappa shape index (κ1) is 11.8. The molecule has 1 saturated heterocycles. The van der Waals surface area contributed by atoms with Crippen LogP contribution in [0.25, 0.3) is 4.96 Å². The quantitative estimate of drug-likeness (QED) is 0.866. The molecule has 92 valence electrons. The van der Waals surface area contributed by atoms with E-state index in [4.69, 9.17) is 11.6 Å². The van der Waals surface area contributed by atoms with Crippen LogP contribution in [0.15, 0.2) is 11.6 Å². The summed E-state index contributed by atoms with van der Waals surface area (Å²) in [5.74, 6) is 2.52. The van der Waals surface area contributed by atoms with Crippen LogP contribution in [0.5, 0.6) is 0 Å². The molecule has 3 heterocycles. The maximum atomic E-state index is 6.20. The van der Waals surface area contributed by atoms with Crippen LogP contribution >= 0.6 is 34.7 Å². The first-order valence-electron chi connectivity index (χ1n) is 5.63. The van der Waals surface area contributed by atoms with Crippen molar-refractivity contribution in [3.63, 3.8) is 0 Å². The van der Waals surface area contributed by atoms with Gasteiger partial charge in [-0.1, -0.05) is 11.6 Å². The van der Waals surface area contributed by atoms with Gasteiger partial charge in [0.05, 0.1) is 5.69 Å². The van der Waals surface area contributed by atoms with E-state index in [1.54, 1.807) is 11.3 Å². The minimum atomic E-state index is 0.648. The monoisotopic (exact) mass is 287 g/mol. The second kappa shape index (κ2) is 4.80. The number of nitrogens with zero attached hydrogens (tertiary/aromatic N) is 3. The maximum Gasteiger partial charge on any atom is 0.195 e. The molecule has 1 aliphatic rings. The molecule has 1 fully saturated rings. The molecule has 2 aromatic heterocycles. The molecule has 0 saturated carbocycles. The number of thioether (sulfide) groups is 1. The van der Waals surface area contributed by atoms with Gasteiger partial charge in [-0.05, 0) is 19.2 Å². The predicted molar refractivity (Wildman–Crippen MR) is 75.3 cm³/mol. The van der Waals surface area contributed by atoms with E-state index < -0.39 is 0 Å². The smallest absolute Gasteiger partial charge is 0.195 e. The lowest BCUT2D eigenvalue weighted by molar-refractivity contribution is 0.251. The summed E-state index contributed by atoms with van der Waals surface area (Å²) in [4.78, 5) is 7.75. The summed E-state index contributed by atoms with van der Waals surface area (Å²) in [6.45, 7) is 0.877. The van der Waals surface area contributed by atoms with Crippen LogP contribution in [0.2, 0.25) is 5.15 Å². The topological polar surface area (TPSA) is 20.5 Å². The highest BCUT2D eigenvalue weighted by Crippen LogP contribution is 2.26. The van der Waals surface area contributed by atoms with Crippen molar-refractivity contribution in [2.75, 3.05) is 18.6 Å². The molecular formula is C11H14ClN3S2. The molecule has 1 aliphatic heterocycles. The Morgan fingerprint density at radius 3 is 3.29 bits per heavy atom. The van der Waals surface area contributed by atoms with E-state index in [2.05, 4.69) is 21.3 Å². The van der Waals surface area contributed by atoms with Crippen LogP contribution in [0.1, 0.15) is 12.1 Å². The molecule has 17 heavy (non-hydrogen) atoms. The van der Waals surface area contributed by atoms with Gasteiger partial charge in [0, 0.05) is 29.9 Å². The van der Waals surface area contributed by atoms with Crippen molar-refractivity contribution in [3.05, 3.63) is 22.4 Å². The summed E-state index contributed by atoms with van der Waals surface area (Å²) < 4.78 is 2.10. The molecular weight excluding hydrogens is 274 g/mol. The fourth-order valence-electron chi connectivity index (χ4n) is 2.18. The van der Waals surface area contributed by atoms with E-state index in [0.717, 1.165) is 17.2 Å². The Morgan fingerprint density at radius 2 is 2.53 bits per heavy atom. The third-order valence-electron chi connectivity index (χ3n) is 3.24. The average Bonchev–Trinajstić information content (AvgIpc) is 2.98. The molecule has 3 rings (SSSR count). The summed E-state index contributed by atoms with van der Waals surface area (Å²) >= 11 is 9.87. The molecule has 0 N–H and O–H groups in total. The van der Waals surface area contributed by atoms with Crippen LogP contribution in [0.3, 0.4) is 0 Å². The van der Waals surface area contributed by atoms with E-state index in [0.29, 0.717) is 11.2 Å². The molecule has 1 atom stereocenters. The van der Waals surface area contributed by atoms with Gasteiger partial charge in [0.2, 0.25) is 0 Å². The normalized spacial score (nSPS) is 20.8. The number of halogens is 1. The predicted octanol–water partition coefficient (Wildman–Crippen LogP) is 2.99. The highest BCUT2D eigenvalue weighted by molar-refractivity contribution is 7.99. The van der Waals surface area contributed by atoms with Gasteiger partial charge >= 0.3 is 0 Å². The molecule has 0 radical (unpaired) electrons. The standard InChI is InChI=1S/C11H14ClN3S2/c1-14(8-2-4-16-7-8)6-9-10(12)13-11-15(9)3-5-17-11/h3,5,8H,2,4,6-7H2,1H3/t8-/m1/s1. The largest absolute Gasteiger partial charge is 0.297 e. The zero-order valence-electron chi connectivity index (χ0n) is 9.60. The SMILES string of the molecule is CN(Cc1c(Cl)nc2sccn12)[C@@H]1CCSC1. The van der Waals surface area contributed by atoms with E-state index in [1.807, 2.05) is 23.3 Å². The van der Waals surface area contributed by atoms with Crippen molar-refractivity contribution in [2.24, 2.45) is 0 Å². The van der Waals surface area contributed by atoms with Crippen molar-refractivity contribution in [1.82, 2.24) is 14.3 Å². The molecule has 2 aromatic rings. The zero-order valence-corrected chi connectivity index (χ0v) is 12.0. The Labute approximate surface area is 114 Å². The Morgan fingerprint density at radius 1 is 1.65 bits per heavy atom. The third-order valence-corrected chi connectivity index (χ3v) is 5.44. The fourth-order valence-corrected chi connectivity index (χ4v) is 4.50. The van der Waals surface area contributed by atoms with Crippen LogP contribution in [0.4, 0.5) is 0 Å². The van der Waals surface area contributed by atoms with Gasteiger partial charge in [-0.2, -0.15) is 11.8 Å². The zero-order chi connectivity index (χ0) is 11.8. The Hall–Kier alpha value is -0.230. The van der Waals surface area contributed by atoms with Gasteiger partial charge < -0.3 is 0 Å². The number of imidazole rings is 1. The highest BCUT2D eigenvalue weighted by atomic mass is 35.5. The van der Waals surface area contributed by atoms with Gasteiger partial charge in [0.25, 0.3) is 0 Å². The molecule has 6 heteroatoms. The molecule has 0 aromatic carbocycles. The van der Waals surface area contributed by atoms with Crippen molar-refractivity contribution < 1.29 is 0 Å². The Kier molecular flexibility index (Phi) is 3.34. The summed E-state index contributed by atoms with van der Waals surface area (Å²) in [5, 5.41) is 2.70.